The molecule has 3 aromatic rings. The zero-order valence-electron chi connectivity index (χ0n) is 22.4. The first kappa shape index (κ1) is 26.9. The Kier molecular flexibility index (Phi) is 8.79. The van der Waals surface area contributed by atoms with Crippen LogP contribution in [-0.4, -0.2) is 66.8 Å². The van der Waals surface area contributed by atoms with E-state index in [2.05, 4.69) is 10.2 Å². The van der Waals surface area contributed by atoms with Gasteiger partial charge in [0.1, 0.15) is 0 Å². The van der Waals surface area contributed by atoms with E-state index in [-0.39, 0.29) is 17.7 Å². The first-order chi connectivity index (χ1) is 18.4. The van der Waals surface area contributed by atoms with Crippen molar-refractivity contribution in [1.29, 1.82) is 0 Å². The van der Waals surface area contributed by atoms with Crippen LogP contribution in [0.2, 0.25) is 0 Å². The monoisotopic (exact) mass is 512 g/mol. The Hall–Kier alpha value is -4.13. The minimum atomic E-state index is -0.223. The summed E-state index contributed by atoms with van der Waals surface area (Å²) in [5, 5.41) is 2.93. The Morgan fingerprint density at radius 1 is 0.816 bits per heavy atom. The molecule has 3 amide bonds. The molecule has 4 rings (SSSR count). The number of carbonyl (C=O) groups excluding carboxylic acids is 3. The van der Waals surface area contributed by atoms with E-state index < -0.39 is 0 Å². The summed E-state index contributed by atoms with van der Waals surface area (Å²) in [6.07, 6.45) is 0.795. The Morgan fingerprint density at radius 3 is 2.21 bits per heavy atom. The summed E-state index contributed by atoms with van der Waals surface area (Å²) >= 11 is 0. The number of hydrogen-bond donors (Lipinski definition) is 1. The van der Waals surface area contributed by atoms with E-state index >= 15 is 0 Å². The van der Waals surface area contributed by atoms with Gasteiger partial charge in [-0.05, 0) is 69.7 Å². The molecule has 1 saturated heterocycles. The molecule has 0 aromatic heterocycles. The molecule has 0 radical (unpaired) electrons. The van der Waals surface area contributed by atoms with Crippen molar-refractivity contribution in [3.05, 3.63) is 95.1 Å². The van der Waals surface area contributed by atoms with E-state index in [0.717, 1.165) is 24.2 Å². The van der Waals surface area contributed by atoms with E-state index in [4.69, 9.17) is 0 Å². The van der Waals surface area contributed by atoms with E-state index in [9.17, 15) is 14.4 Å². The van der Waals surface area contributed by atoms with Gasteiger partial charge in [-0.15, -0.1) is 0 Å². The molecular weight excluding hydrogens is 476 g/mol. The van der Waals surface area contributed by atoms with Gasteiger partial charge in [-0.25, -0.2) is 0 Å². The Labute approximate surface area is 225 Å². The maximum Gasteiger partial charge on any atom is 0.256 e. The van der Waals surface area contributed by atoms with Crippen LogP contribution in [-0.2, 0) is 0 Å². The van der Waals surface area contributed by atoms with Gasteiger partial charge in [-0.1, -0.05) is 35.9 Å². The summed E-state index contributed by atoms with van der Waals surface area (Å²) < 4.78 is 0. The topological polar surface area (TPSA) is 73.0 Å². The van der Waals surface area contributed by atoms with Gasteiger partial charge in [0.2, 0.25) is 0 Å². The third-order valence-electron chi connectivity index (χ3n) is 6.99. The van der Waals surface area contributed by atoms with E-state index in [1.807, 2.05) is 80.3 Å². The highest BCUT2D eigenvalue weighted by Crippen LogP contribution is 2.28. The van der Waals surface area contributed by atoms with E-state index in [0.29, 0.717) is 55.1 Å². The predicted octanol–water partition coefficient (Wildman–Crippen LogP) is 5.08. The lowest BCUT2D eigenvalue weighted by atomic mass is 10.1. The molecule has 0 aliphatic carbocycles. The van der Waals surface area contributed by atoms with Gasteiger partial charge >= 0.3 is 0 Å². The molecule has 1 aliphatic rings. The number of benzene rings is 3. The minimum absolute atomic E-state index is 0.0327. The number of nitrogens with one attached hydrogen (secondary N) is 1. The summed E-state index contributed by atoms with van der Waals surface area (Å²) in [6.45, 7) is 9.69. The van der Waals surface area contributed by atoms with Crippen molar-refractivity contribution in [2.45, 2.75) is 27.2 Å². The van der Waals surface area contributed by atoms with Crippen molar-refractivity contribution >= 4 is 29.1 Å². The van der Waals surface area contributed by atoms with Gasteiger partial charge in [0.05, 0.1) is 5.56 Å². The maximum absolute atomic E-state index is 13.6. The third kappa shape index (κ3) is 6.22. The molecule has 1 heterocycles. The molecule has 0 spiro atoms. The lowest BCUT2D eigenvalue weighted by Gasteiger charge is -2.28. The molecule has 0 unspecified atom stereocenters. The van der Waals surface area contributed by atoms with Crippen LogP contribution >= 0.6 is 0 Å². The fourth-order valence-electron chi connectivity index (χ4n) is 4.77. The van der Waals surface area contributed by atoms with Crippen LogP contribution in [0.15, 0.2) is 72.8 Å². The summed E-state index contributed by atoms with van der Waals surface area (Å²) in [5.41, 5.74) is 4.32. The van der Waals surface area contributed by atoms with Gasteiger partial charge in [0.15, 0.2) is 0 Å². The lowest BCUT2D eigenvalue weighted by Crippen LogP contribution is -2.36. The molecular formula is C31H36N4O3. The van der Waals surface area contributed by atoms with E-state index in [1.54, 1.807) is 23.1 Å². The standard InChI is InChI=1S/C31H36N4O3/c1-4-33(5-2)31(38)27-22-26(32-29(36)24-10-7-6-8-11-24)16-17-28(27)34-18-9-19-35(21-20-34)30(37)25-14-12-23(3)13-15-25/h6-8,10-17,22H,4-5,9,18-21H2,1-3H3,(H,32,36). The first-order valence-electron chi connectivity index (χ1n) is 13.3. The summed E-state index contributed by atoms with van der Waals surface area (Å²) in [6, 6.07) is 22.2. The van der Waals surface area contributed by atoms with Crippen molar-refractivity contribution in [3.63, 3.8) is 0 Å². The first-order valence-corrected chi connectivity index (χ1v) is 13.3. The normalized spacial score (nSPS) is 13.6. The van der Waals surface area contributed by atoms with Crippen LogP contribution < -0.4 is 10.2 Å². The van der Waals surface area contributed by atoms with Crippen molar-refractivity contribution in [1.82, 2.24) is 9.80 Å². The Balaban J connectivity index is 1.57. The van der Waals surface area contributed by atoms with Crippen LogP contribution in [0.5, 0.6) is 0 Å². The average molecular weight is 513 g/mol. The zero-order chi connectivity index (χ0) is 27.1. The second kappa shape index (κ2) is 12.4. The maximum atomic E-state index is 13.6. The molecule has 0 saturated carbocycles. The highest BCUT2D eigenvalue weighted by atomic mass is 16.2. The fourth-order valence-corrected chi connectivity index (χ4v) is 4.77. The van der Waals surface area contributed by atoms with Crippen molar-refractivity contribution < 1.29 is 14.4 Å². The number of anilines is 2. The predicted molar refractivity (Wildman–Crippen MR) is 152 cm³/mol. The molecule has 1 aliphatic heterocycles. The number of aryl methyl sites for hydroxylation is 1. The second-order valence-electron chi connectivity index (χ2n) is 9.53. The fraction of sp³-hybridized carbons (Fsp3) is 0.323. The quantitative estimate of drug-likeness (QED) is 0.479. The van der Waals surface area contributed by atoms with Crippen LogP contribution in [0.25, 0.3) is 0 Å². The highest BCUT2D eigenvalue weighted by Gasteiger charge is 2.25. The lowest BCUT2D eigenvalue weighted by molar-refractivity contribution is 0.0760. The molecule has 7 nitrogen and oxygen atoms in total. The number of amides is 3. The SMILES string of the molecule is CCN(CC)C(=O)c1cc(NC(=O)c2ccccc2)ccc1N1CCCN(C(=O)c2ccc(C)cc2)CC1. The molecule has 7 heteroatoms. The smallest absolute Gasteiger partial charge is 0.256 e. The van der Waals surface area contributed by atoms with E-state index in [1.165, 1.54) is 0 Å². The molecule has 1 fully saturated rings. The second-order valence-corrected chi connectivity index (χ2v) is 9.53. The number of rotatable bonds is 7. The van der Waals surface area contributed by atoms with Crippen molar-refractivity contribution in [2.75, 3.05) is 49.5 Å². The van der Waals surface area contributed by atoms with Crippen LogP contribution in [0, 0.1) is 6.92 Å². The largest absolute Gasteiger partial charge is 0.369 e. The highest BCUT2D eigenvalue weighted by molar-refractivity contribution is 6.06. The van der Waals surface area contributed by atoms with Crippen molar-refractivity contribution in [3.8, 4) is 0 Å². The summed E-state index contributed by atoms with van der Waals surface area (Å²) in [7, 11) is 0. The van der Waals surface area contributed by atoms with Gasteiger partial charge in [-0.2, -0.15) is 0 Å². The van der Waals surface area contributed by atoms with Crippen LogP contribution in [0.3, 0.4) is 0 Å². The van der Waals surface area contributed by atoms with Crippen LogP contribution in [0.1, 0.15) is 56.9 Å². The Bertz CT molecular complexity index is 1270. The minimum Gasteiger partial charge on any atom is -0.369 e. The zero-order valence-corrected chi connectivity index (χ0v) is 22.4. The van der Waals surface area contributed by atoms with Crippen LogP contribution in [0.4, 0.5) is 11.4 Å². The van der Waals surface area contributed by atoms with Crippen molar-refractivity contribution in [2.24, 2.45) is 0 Å². The molecule has 1 N–H and O–H groups in total. The average Bonchev–Trinajstić information content (AvgIpc) is 3.20. The third-order valence-corrected chi connectivity index (χ3v) is 6.99. The van der Waals surface area contributed by atoms with Gasteiger partial charge in [0, 0.05) is 61.8 Å². The molecule has 0 atom stereocenters. The molecule has 0 bridgehead atoms. The number of nitrogens with zero attached hydrogens (tertiary/aromatic N) is 3. The van der Waals surface area contributed by atoms with Gasteiger partial charge in [-0.3, -0.25) is 14.4 Å². The summed E-state index contributed by atoms with van der Waals surface area (Å²) in [5.74, 6) is -0.262. The number of carbonyl (C=O) groups is 3. The Morgan fingerprint density at radius 2 is 1.53 bits per heavy atom. The molecule has 38 heavy (non-hydrogen) atoms. The number of hydrogen-bond acceptors (Lipinski definition) is 4. The summed E-state index contributed by atoms with van der Waals surface area (Å²) in [4.78, 5) is 45.3. The van der Waals surface area contributed by atoms with Gasteiger partial charge < -0.3 is 20.0 Å². The molecule has 198 valence electrons. The molecule has 3 aromatic carbocycles. The van der Waals surface area contributed by atoms with Gasteiger partial charge in [0.25, 0.3) is 17.7 Å².